The molecule has 1 aliphatic rings. The van der Waals surface area contributed by atoms with Crippen molar-refractivity contribution in [3.63, 3.8) is 0 Å². The number of fused-ring (bicyclic) bond motifs is 1. The lowest BCUT2D eigenvalue weighted by Gasteiger charge is -2.20. The number of carbonyl (C=O) groups excluding carboxylic acids is 2. The number of hydrogen-bond donors (Lipinski definition) is 2. The summed E-state index contributed by atoms with van der Waals surface area (Å²) in [6, 6.07) is 5.25. The molecule has 28 heavy (non-hydrogen) atoms. The molecule has 9 nitrogen and oxygen atoms in total. The maximum Gasteiger partial charge on any atom is 0.252 e. The van der Waals surface area contributed by atoms with Gasteiger partial charge in [-0.05, 0) is 12.5 Å². The number of carbonyl (C=O) groups is 2. The van der Waals surface area contributed by atoms with E-state index in [0.717, 1.165) is 0 Å². The second-order valence-electron chi connectivity index (χ2n) is 6.44. The predicted octanol–water partition coefficient (Wildman–Crippen LogP) is 1.28. The molecule has 1 aromatic heterocycles. The average Bonchev–Trinajstić information content (AvgIpc) is 3.15. The topological polar surface area (TPSA) is 131 Å². The number of nitrogens with one attached hydrogen (secondary N) is 1. The molecular formula is C19H21N5O4. The van der Waals surface area contributed by atoms with Crippen molar-refractivity contribution in [3.8, 4) is 17.6 Å². The molecule has 1 atom stereocenters. The molecule has 1 aliphatic heterocycles. The van der Waals surface area contributed by atoms with Crippen LogP contribution in [0.2, 0.25) is 0 Å². The number of aromatic nitrogens is 1. The van der Waals surface area contributed by atoms with Crippen LogP contribution >= 0.6 is 0 Å². The maximum atomic E-state index is 12.0. The van der Waals surface area contributed by atoms with Crippen molar-refractivity contribution in [2.75, 3.05) is 32.6 Å². The molecule has 3 N–H and O–H groups in total. The Morgan fingerprint density at radius 1 is 1.36 bits per heavy atom. The lowest BCUT2D eigenvalue weighted by Crippen LogP contribution is -2.31. The molecule has 0 radical (unpaired) electrons. The monoisotopic (exact) mass is 383 g/mol. The second-order valence-corrected chi connectivity index (χ2v) is 6.44. The first-order valence-electron chi connectivity index (χ1n) is 8.74. The quantitative estimate of drug-likeness (QED) is 0.768. The zero-order valence-corrected chi connectivity index (χ0v) is 15.7. The van der Waals surface area contributed by atoms with Gasteiger partial charge in [0.15, 0.2) is 11.5 Å². The Morgan fingerprint density at radius 2 is 2.07 bits per heavy atom. The largest absolute Gasteiger partial charge is 0.493 e. The predicted molar refractivity (Wildman–Crippen MR) is 102 cm³/mol. The van der Waals surface area contributed by atoms with Gasteiger partial charge in [-0.15, -0.1) is 0 Å². The van der Waals surface area contributed by atoms with E-state index in [2.05, 4.69) is 10.3 Å². The van der Waals surface area contributed by atoms with Crippen LogP contribution in [-0.2, 0) is 4.79 Å². The standard InChI is InChI=1S/C19H21N5O4/c1-27-15-7-12-14(8-16(15)28-2)22-9-13(19(21)26)18(12)23-11-4-6-24(10-11)17(25)3-5-20/h7-9,11H,3-4,6,10H2,1-2H3,(H2,21,26)(H,22,23)/t11-/m0/s1. The Kier molecular flexibility index (Phi) is 5.49. The van der Waals surface area contributed by atoms with E-state index in [1.807, 2.05) is 6.07 Å². The molecule has 1 fully saturated rings. The number of likely N-dealkylation sites (tertiary alicyclic amines) is 1. The lowest BCUT2D eigenvalue weighted by molar-refractivity contribution is -0.129. The zero-order chi connectivity index (χ0) is 20.3. The third-order valence-corrected chi connectivity index (χ3v) is 4.76. The van der Waals surface area contributed by atoms with Crippen LogP contribution in [0.1, 0.15) is 23.2 Å². The van der Waals surface area contributed by atoms with Gasteiger partial charge in [0, 0.05) is 36.8 Å². The number of nitriles is 1. The number of primary amides is 1. The van der Waals surface area contributed by atoms with E-state index in [4.69, 9.17) is 20.5 Å². The minimum absolute atomic E-state index is 0.0839. The number of anilines is 1. The summed E-state index contributed by atoms with van der Waals surface area (Å²) >= 11 is 0. The van der Waals surface area contributed by atoms with Crippen molar-refractivity contribution in [1.82, 2.24) is 9.88 Å². The molecular weight excluding hydrogens is 362 g/mol. The first-order chi connectivity index (χ1) is 13.5. The SMILES string of the molecule is COc1cc2ncc(C(N)=O)c(N[C@H]3CCN(C(=O)CC#N)C3)c2cc1OC. The molecule has 0 aliphatic carbocycles. The zero-order valence-electron chi connectivity index (χ0n) is 15.7. The maximum absolute atomic E-state index is 12.0. The first-order valence-corrected chi connectivity index (χ1v) is 8.74. The number of ether oxygens (including phenoxy) is 2. The highest BCUT2D eigenvalue weighted by atomic mass is 16.5. The van der Waals surface area contributed by atoms with Crippen LogP contribution in [0.5, 0.6) is 11.5 Å². The Labute approximate surface area is 162 Å². The highest BCUT2D eigenvalue weighted by molar-refractivity contribution is 6.07. The summed E-state index contributed by atoms with van der Waals surface area (Å²) in [4.78, 5) is 29.9. The minimum Gasteiger partial charge on any atom is -0.493 e. The van der Waals surface area contributed by atoms with Gasteiger partial charge in [0.1, 0.15) is 6.42 Å². The van der Waals surface area contributed by atoms with Crippen LogP contribution in [0.25, 0.3) is 10.9 Å². The summed E-state index contributed by atoms with van der Waals surface area (Å²) in [5.41, 5.74) is 6.95. The molecule has 9 heteroatoms. The smallest absolute Gasteiger partial charge is 0.252 e. The van der Waals surface area contributed by atoms with Gasteiger partial charge >= 0.3 is 0 Å². The van der Waals surface area contributed by atoms with Gasteiger partial charge in [-0.25, -0.2) is 0 Å². The van der Waals surface area contributed by atoms with Gasteiger partial charge in [0.25, 0.3) is 5.91 Å². The summed E-state index contributed by atoms with van der Waals surface area (Å²) < 4.78 is 10.7. The molecule has 2 amide bonds. The van der Waals surface area contributed by atoms with Crippen LogP contribution in [-0.4, -0.2) is 55.0 Å². The number of rotatable bonds is 6. The fourth-order valence-corrected chi connectivity index (χ4v) is 3.35. The average molecular weight is 383 g/mol. The number of amides is 2. The Hall–Kier alpha value is -3.54. The Balaban J connectivity index is 1.99. The van der Waals surface area contributed by atoms with Gasteiger partial charge in [-0.1, -0.05) is 0 Å². The highest BCUT2D eigenvalue weighted by Gasteiger charge is 2.27. The number of nitrogens with two attached hydrogens (primary N) is 1. The fraction of sp³-hybridized carbons (Fsp3) is 0.368. The van der Waals surface area contributed by atoms with Crippen molar-refractivity contribution in [2.24, 2.45) is 5.73 Å². The van der Waals surface area contributed by atoms with Gasteiger partial charge < -0.3 is 25.4 Å². The van der Waals surface area contributed by atoms with E-state index >= 15 is 0 Å². The van der Waals surface area contributed by atoms with Gasteiger partial charge in [0.05, 0.1) is 37.1 Å². The summed E-state index contributed by atoms with van der Waals surface area (Å²) in [6.07, 6.45) is 1.97. The molecule has 146 valence electrons. The fourth-order valence-electron chi connectivity index (χ4n) is 3.35. The normalized spacial score (nSPS) is 15.9. The molecule has 2 heterocycles. The van der Waals surface area contributed by atoms with E-state index in [-0.39, 0.29) is 23.9 Å². The van der Waals surface area contributed by atoms with Crippen LogP contribution in [0.15, 0.2) is 18.3 Å². The summed E-state index contributed by atoms with van der Waals surface area (Å²) in [6.45, 7) is 0.986. The van der Waals surface area contributed by atoms with Crippen molar-refractivity contribution in [3.05, 3.63) is 23.9 Å². The van der Waals surface area contributed by atoms with E-state index in [0.29, 0.717) is 47.6 Å². The van der Waals surface area contributed by atoms with Gasteiger partial charge in [0.2, 0.25) is 5.91 Å². The van der Waals surface area contributed by atoms with Crippen LogP contribution in [0, 0.1) is 11.3 Å². The van der Waals surface area contributed by atoms with Crippen LogP contribution in [0.4, 0.5) is 5.69 Å². The highest BCUT2D eigenvalue weighted by Crippen LogP contribution is 2.36. The molecule has 0 spiro atoms. The molecule has 2 aromatic rings. The third kappa shape index (κ3) is 3.62. The van der Waals surface area contributed by atoms with E-state index < -0.39 is 5.91 Å². The van der Waals surface area contributed by atoms with E-state index in [9.17, 15) is 9.59 Å². The third-order valence-electron chi connectivity index (χ3n) is 4.76. The van der Waals surface area contributed by atoms with Gasteiger partial charge in [-0.2, -0.15) is 5.26 Å². The van der Waals surface area contributed by atoms with Crippen LogP contribution in [0.3, 0.4) is 0 Å². The number of hydrogen-bond acceptors (Lipinski definition) is 7. The molecule has 1 aromatic carbocycles. The number of benzene rings is 1. The van der Waals surface area contributed by atoms with Crippen molar-refractivity contribution < 1.29 is 19.1 Å². The minimum atomic E-state index is -0.609. The van der Waals surface area contributed by atoms with Crippen molar-refractivity contribution in [2.45, 2.75) is 18.9 Å². The van der Waals surface area contributed by atoms with Crippen molar-refractivity contribution >= 4 is 28.4 Å². The molecule has 1 saturated heterocycles. The van der Waals surface area contributed by atoms with Crippen LogP contribution < -0.4 is 20.5 Å². The Morgan fingerprint density at radius 3 is 2.71 bits per heavy atom. The molecule has 0 unspecified atom stereocenters. The lowest BCUT2D eigenvalue weighted by atomic mass is 10.1. The first kappa shape index (κ1) is 19.2. The van der Waals surface area contributed by atoms with E-state index in [1.54, 1.807) is 17.0 Å². The molecule has 0 bridgehead atoms. The summed E-state index contributed by atoms with van der Waals surface area (Å²) in [5, 5.41) is 12.7. The number of pyridine rings is 1. The van der Waals surface area contributed by atoms with Crippen molar-refractivity contribution in [1.29, 1.82) is 5.26 Å². The number of methoxy groups -OCH3 is 2. The van der Waals surface area contributed by atoms with E-state index in [1.165, 1.54) is 20.4 Å². The molecule has 0 saturated carbocycles. The number of nitrogens with zero attached hydrogens (tertiary/aromatic N) is 3. The summed E-state index contributed by atoms with van der Waals surface area (Å²) in [5.74, 6) is 0.211. The molecule has 3 rings (SSSR count). The Bertz CT molecular complexity index is 969. The van der Waals surface area contributed by atoms with Gasteiger partial charge in [-0.3, -0.25) is 14.6 Å². The second kappa shape index (κ2) is 8.00. The summed E-state index contributed by atoms with van der Waals surface area (Å²) in [7, 11) is 3.06.